The molecule has 0 aliphatic carbocycles. The molecule has 0 spiro atoms. The Labute approximate surface area is 455 Å². The van der Waals surface area contributed by atoms with Crippen LogP contribution in [0.3, 0.4) is 0 Å². The van der Waals surface area contributed by atoms with Gasteiger partial charge < -0.3 is 18.9 Å². The third-order valence-electron chi connectivity index (χ3n) is 12.6. The fourth-order valence-electron chi connectivity index (χ4n) is 7.99. The van der Waals surface area contributed by atoms with E-state index in [0.29, 0.717) is 17.4 Å². The summed E-state index contributed by atoms with van der Waals surface area (Å²) in [5, 5.41) is 0. The van der Waals surface area contributed by atoms with Gasteiger partial charge in [0.25, 0.3) is 0 Å². The van der Waals surface area contributed by atoms with E-state index < -0.39 is 26.5 Å². The van der Waals surface area contributed by atoms with Gasteiger partial charge in [-0.3, -0.25) is 18.6 Å². The average molecular weight is 1060 g/mol. The van der Waals surface area contributed by atoms with Gasteiger partial charge in [0, 0.05) is 12.8 Å². The second-order valence-electron chi connectivity index (χ2n) is 21.0. The van der Waals surface area contributed by atoms with Crippen LogP contribution in [0, 0.1) is 0 Å². The molecule has 2 unspecified atom stereocenters. The lowest BCUT2D eigenvalue weighted by molar-refractivity contribution is -0.870. The summed E-state index contributed by atoms with van der Waals surface area (Å²) in [5.41, 5.74) is 0. The third-order valence-corrected chi connectivity index (χ3v) is 13.6. The molecular weight excluding hydrogens is 942 g/mol. The number of unbranched alkanes of at least 4 members (excludes halogenated alkanes) is 24. The van der Waals surface area contributed by atoms with Crippen LogP contribution in [0.4, 0.5) is 0 Å². The van der Waals surface area contributed by atoms with Crippen LogP contribution in [0.25, 0.3) is 0 Å². The molecule has 2 atom stereocenters. The first kappa shape index (κ1) is 70.9. The lowest BCUT2D eigenvalue weighted by atomic mass is 10.1. The van der Waals surface area contributed by atoms with Crippen molar-refractivity contribution in [3.63, 3.8) is 0 Å². The maximum Gasteiger partial charge on any atom is 0.472 e. The molecule has 74 heavy (non-hydrogen) atoms. The Morgan fingerprint density at radius 1 is 0.432 bits per heavy atom. The highest BCUT2D eigenvalue weighted by molar-refractivity contribution is 7.47. The van der Waals surface area contributed by atoms with Gasteiger partial charge in [-0.1, -0.05) is 233 Å². The number of hydrogen-bond acceptors (Lipinski definition) is 7. The topological polar surface area (TPSA) is 108 Å². The third kappa shape index (κ3) is 58.2. The van der Waals surface area contributed by atoms with Crippen molar-refractivity contribution in [2.45, 2.75) is 251 Å². The quantitative estimate of drug-likeness (QED) is 0.0211. The van der Waals surface area contributed by atoms with Crippen LogP contribution in [0.5, 0.6) is 0 Å². The van der Waals surface area contributed by atoms with E-state index >= 15 is 0 Å². The Morgan fingerprint density at radius 3 is 1.16 bits per heavy atom. The number of nitrogens with zero attached hydrogens (tertiary/aromatic N) is 1. The minimum Gasteiger partial charge on any atom is -0.462 e. The second kappa shape index (κ2) is 54.7. The Balaban J connectivity index is 4.21. The first-order valence-electron chi connectivity index (χ1n) is 30.0. The van der Waals surface area contributed by atoms with Crippen LogP contribution in [0.1, 0.15) is 245 Å². The van der Waals surface area contributed by atoms with Gasteiger partial charge in [0.05, 0.1) is 27.7 Å². The van der Waals surface area contributed by atoms with Crippen molar-refractivity contribution in [1.29, 1.82) is 0 Å². The fraction of sp³-hybridized carbons (Fsp3) is 0.719. The average Bonchev–Trinajstić information content (AvgIpc) is 3.36. The van der Waals surface area contributed by atoms with Crippen LogP contribution in [0.2, 0.25) is 0 Å². The molecule has 0 fully saturated rings. The number of likely N-dealkylation sites (N-methyl/N-ethyl adjacent to an activating group) is 1. The molecule has 10 heteroatoms. The number of hydrogen-bond donors (Lipinski definition) is 1. The maximum absolute atomic E-state index is 12.8. The number of allylic oxidation sites excluding steroid dienone is 16. The summed E-state index contributed by atoms with van der Waals surface area (Å²) in [6.07, 6.45) is 74.7. The summed E-state index contributed by atoms with van der Waals surface area (Å²) in [6.45, 7) is 4.31. The molecule has 0 saturated carbocycles. The summed E-state index contributed by atoms with van der Waals surface area (Å²) in [7, 11) is 1.46. The summed E-state index contributed by atoms with van der Waals surface area (Å²) in [6, 6.07) is 0. The minimum atomic E-state index is -4.40. The van der Waals surface area contributed by atoms with Crippen molar-refractivity contribution >= 4 is 19.8 Å². The smallest absolute Gasteiger partial charge is 0.462 e. The summed E-state index contributed by atoms with van der Waals surface area (Å²) in [5.74, 6) is -0.813. The highest BCUT2D eigenvalue weighted by Crippen LogP contribution is 2.43. The molecule has 0 aromatic rings. The molecule has 0 bridgehead atoms. The number of ether oxygens (including phenoxy) is 2. The molecule has 0 aromatic carbocycles. The lowest BCUT2D eigenvalue weighted by Crippen LogP contribution is -2.37. The van der Waals surface area contributed by atoms with Crippen molar-refractivity contribution in [2.24, 2.45) is 0 Å². The van der Waals surface area contributed by atoms with Gasteiger partial charge in [-0.2, -0.15) is 0 Å². The van der Waals surface area contributed by atoms with Gasteiger partial charge in [-0.05, 0) is 96.3 Å². The maximum atomic E-state index is 12.8. The van der Waals surface area contributed by atoms with E-state index in [9.17, 15) is 19.0 Å². The molecule has 0 aliphatic heterocycles. The zero-order chi connectivity index (χ0) is 54.2. The van der Waals surface area contributed by atoms with E-state index in [2.05, 4.69) is 111 Å². The molecule has 9 nitrogen and oxygen atoms in total. The number of carbonyl (C=O) groups excluding carboxylic acids is 2. The number of carbonyl (C=O) groups is 2. The SMILES string of the molecule is CC/C=C\C/C=C\C/C=C\C/C=C\C/C=C\C/C=C\C/C=C\CCCCCCCCCC(=O)OC(COC(=O)CCCCCCCCCCC/C=C\CCCCCCCCCC)COP(=O)(O)OCC[N+](C)(C)C. The van der Waals surface area contributed by atoms with E-state index in [1.54, 1.807) is 0 Å². The van der Waals surface area contributed by atoms with E-state index in [1.165, 1.54) is 122 Å². The van der Waals surface area contributed by atoms with Gasteiger partial charge in [-0.15, -0.1) is 0 Å². The summed E-state index contributed by atoms with van der Waals surface area (Å²) in [4.78, 5) is 35.7. The van der Waals surface area contributed by atoms with Crippen molar-refractivity contribution in [2.75, 3.05) is 47.5 Å². The monoisotopic (exact) mass is 1050 g/mol. The molecule has 0 radical (unpaired) electrons. The van der Waals surface area contributed by atoms with Gasteiger partial charge in [-0.25, -0.2) is 4.57 Å². The van der Waals surface area contributed by atoms with Crippen molar-refractivity contribution in [1.82, 2.24) is 0 Å². The zero-order valence-electron chi connectivity index (χ0n) is 48.3. The Hall–Kier alpha value is -3.07. The summed E-state index contributed by atoms with van der Waals surface area (Å²) < 4.78 is 34.6. The zero-order valence-corrected chi connectivity index (χ0v) is 49.2. The highest BCUT2D eigenvalue weighted by Gasteiger charge is 2.27. The van der Waals surface area contributed by atoms with Crippen molar-refractivity contribution in [3.8, 4) is 0 Å². The van der Waals surface area contributed by atoms with Crippen LogP contribution in [0.15, 0.2) is 97.2 Å². The van der Waals surface area contributed by atoms with Gasteiger partial charge >= 0.3 is 19.8 Å². The summed E-state index contributed by atoms with van der Waals surface area (Å²) >= 11 is 0. The standard InChI is InChI=1S/C64H112NO8P/c1-6-8-10-12-14-16-18-20-22-24-26-28-29-30-31-32-33-34-35-37-39-41-43-45-47-49-51-53-55-57-64(67)73-62(61-72-74(68,69)71-59-58-65(3,4)5)60-70-63(66)56-54-52-50-48-46-44-42-40-38-36-27-25-23-21-19-17-15-13-11-9-7-2/h8,10,14,16,20,22,25-28,30-31,33-34,37,39,62H,6-7,9,11-13,15,17-19,21,23-24,29,32,35-36,38,40-61H2,1-5H3/p+1/b10-8-,16-14-,22-20-,27-25-,28-26-,31-30-,34-33-,39-37-. The number of rotatable bonds is 54. The molecule has 0 amide bonds. The lowest BCUT2D eigenvalue weighted by Gasteiger charge is -2.24. The molecule has 0 rings (SSSR count). The molecule has 426 valence electrons. The Bertz CT molecular complexity index is 1570. The van der Waals surface area contributed by atoms with E-state index in [-0.39, 0.29) is 32.0 Å². The first-order valence-corrected chi connectivity index (χ1v) is 31.5. The number of esters is 2. The molecular formula is C64H113NO8P+. The fourth-order valence-corrected chi connectivity index (χ4v) is 8.73. The highest BCUT2D eigenvalue weighted by atomic mass is 31.2. The number of phosphoric ester groups is 1. The predicted molar refractivity (Wildman–Crippen MR) is 316 cm³/mol. The van der Waals surface area contributed by atoms with Crippen LogP contribution in [-0.4, -0.2) is 74.9 Å². The Kier molecular flexibility index (Phi) is 52.4. The van der Waals surface area contributed by atoms with Crippen LogP contribution < -0.4 is 0 Å². The van der Waals surface area contributed by atoms with E-state index in [1.807, 2.05) is 21.1 Å². The van der Waals surface area contributed by atoms with Crippen LogP contribution >= 0.6 is 7.82 Å². The van der Waals surface area contributed by atoms with E-state index in [4.69, 9.17) is 18.5 Å². The van der Waals surface area contributed by atoms with Gasteiger partial charge in [0.15, 0.2) is 6.10 Å². The molecule has 0 aromatic heterocycles. The molecule has 0 heterocycles. The number of quaternary nitrogens is 1. The minimum absolute atomic E-state index is 0.0246. The normalized spacial score (nSPS) is 14.0. The Morgan fingerprint density at radius 2 is 0.770 bits per heavy atom. The molecule has 0 saturated heterocycles. The van der Waals surface area contributed by atoms with Crippen molar-refractivity contribution < 1.29 is 42.1 Å². The predicted octanol–water partition coefficient (Wildman–Crippen LogP) is 18.8. The number of phosphoric acid groups is 1. The molecule has 0 aliphatic rings. The first-order chi connectivity index (χ1) is 36.0. The van der Waals surface area contributed by atoms with Gasteiger partial charge in [0.1, 0.15) is 19.8 Å². The largest absolute Gasteiger partial charge is 0.472 e. The van der Waals surface area contributed by atoms with Gasteiger partial charge in [0.2, 0.25) is 0 Å². The molecule has 1 N–H and O–H groups in total. The van der Waals surface area contributed by atoms with E-state index in [0.717, 1.165) is 89.9 Å². The van der Waals surface area contributed by atoms with Crippen LogP contribution in [-0.2, 0) is 32.7 Å². The van der Waals surface area contributed by atoms with Crippen molar-refractivity contribution in [3.05, 3.63) is 97.2 Å². The second-order valence-corrected chi connectivity index (χ2v) is 22.5.